The molecule has 0 aliphatic heterocycles. The highest BCUT2D eigenvalue weighted by Crippen LogP contribution is 2.28. The molecule has 28 heavy (non-hydrogen) atoms. The van der Waals surface area contributed by atoms with E-state index in [1.54, 1.807) is 11.8 Å². The van der Waals surface area contributed by atoms with Crippen molar-refractivity contribution < 1.29 is 9.26 Å². The zero-order chi connectivity index (χ0) is 19.5. The van der Waals surface area contributed by atoms with Crippen LogP contribution in [0.2, 0.25) is 0 Å². The van der Waals surface area contributed by atoms with Crippen LogP contribution in [-0.4, -0.2) is 37.5 Å². The second-order valence-corrected chi connectivity index (χ2v) is 7.09. The monoisotopic (exact) mass is 394 g/mol. The number of aromatic nitrogens is 6. The summed E-state index contributed by atoms with van der Waals surface area (Å²) < 4.78 is 12.4. The van der Waals surface area contributed by atoms with Gasteiger partial charge in [-0.25, -0.2) is 0 Å². The molecule has 0 saturated heterocycles. The minimum absolute atomic E-state index is 0.452. The standard InChI is InChI=1S/C19H18N6O2S/c1-12-8-9-14(10-13(12)2)25-19(21-23-24-25)28-11-17-20-18(22-27-17)15-6-4-5-7-16(15)26-3/h4-10H,11H2,1-3H3. The summed E-state index contributed by atoms with van der Waals surface area (Å²) in [5.74, 6) is 2.12. The summed E-state index contributed by atoms with van der Waals surface area (Å²) in [4.78, 5) is 4.46. The molecule has 0 spiro atoms. The average Bonchev–Trinajstić information content (AvgIpc) is 3.38. The summed E-state index contributed by atoms with van der Waals surface area (Å²) in [6, 6.07) is 13.7. The number of tetrazole rings is 1. The molecule has 8 nitrogen and oxygen atoms in total. The first-order chi connectivity index (χ1) is 13.7. The van der Waals surface area contributed by atoms with Crippen molar-refractivity contribution in [2.45, 2.75) is 24.8 Å². The van der Waals surface area contributed by atoms with Gasteiger partial charge in [-0.1, -0.05) is 35.1 Å². The van der Waals surface area contributed by atoms with Crippen molar-refractivity contribution in [2.75, 3.05) is 7.11 Å². The van der Waals surface area contributed by atoms with E-state index in [1.807, 2.05) is 30.3 Å². The molecule has 0 N–H and O–H groups in total. The van der Waals surface area contributed by atoms with Gasteiger partial charge in [-0.15, -0.1) is 5.10 Å². The number of benzene rings is 2. The SMILES string of the molecule is COc1ccccc1-c1noc(CSc2nnnn2-c2ccc(C)c(C)c2)n1. The Kier molecular flexibility index (Phi) is 5.07. The Morgan fingerprint density at radius 2 is 1.96 bits per heavy atom. The first-order valence-corrected chi connectivity index (χ1v) is 9.59. The third-order valence-electron chi connectivity index (χ3n) is 4.32. The van der Waals surface area contributed by atoms with Gasteiger partial charge < -0.3 is 9.26 Å². The van der Waals surface area contributed by atoms with Crippen LogP contribution in [0.3, 0.4) is 0 Å². The lowest BCUT2D eigenvalue weighted by Gasteiger charge is -2.06. The first kappa shape index (κ1) is 18.2. The number of ether oxygens (including phenoxy) is 1. The van der Waals surface area contributed by atoms with Crippen molar-refractivity contribution in [1.82, 2.24) is 30.3 Å². The molecule has 0 radical (unpaired) electrons. The minimum atomic E-state index is 0.452. The Hall–Kier alpha value is -3.20. The zero-order valence-corrected chi connectivity index (χ0v) is 16.5. The van der Waals surface area contributed by atoms with Gasteiger partial charge in [0.2, 0.25) is 16.9 Å². The van der Waals surface area contributed by atoms with Gasteiger partial charge in [-0.2, -0.15) is 9.67 Å². The fraction of sp³-hybridized carbons (Fsp3) is 0.211. The van der Waals surface area contributed by atoms with Gasteiger partial charge in [0, 0.05) is 0 Å². The number of nitrogens with zero attached hydrogens (tertiary/aromatic N) is 6. The molecular formula is C19H18N6O2S. The van der Waals surface area contributed by atoms with E-state index in [-0.39, 0.29) is 0 Å². The second kappa shape index (κ2) is 7.81. The van der Waals surface area contributed by atoms with Crippen LogP contribution in [0.4, 0.5) is 0 Å². The highest BCUT2D eigenvalue weighted by molar-refractivity contribution is 7.98. The molecule has 2 aromatic heterocycles. The normalized spacial score (nSPS) is 11.0. The fourth-order valence-corrected chi connectivity index (χ4v) is 3.40. The maximum atomic E-state index is 5.38. The molecule has 2 heterocycles. The molecule has 4 aromatic rings. The van der Waals surface area contributed by atoms with E-state index in [2.05, 4.69) is 51.6 Å². The van der Waals surface area contributed by atoms with Crippen LogP contribution in [0.25, 0.3) is 17.1 Å². The van der Waals surface area contributed by atoms with E-state index in [0.29, 0.717) is 28.4 Å². The molecule has 0 amide bonds. The zero-order valence-electron chi connectivity index (χ0n) is 15.7. The molecule has 142 valence electrons. The second-order valence-electron chi connectivity index (χ2n) is 6.14. The number of para-hydroxylation sites is 1. The van der Waals surface area contributed by atoms with Crippen LogP contribution in [-0.2, 0) is 5.75 Å². The molecular weight excluding hydrogens is 376 g/mol. The number of aryl methyl sites for hydroxylation is 2. The Labute approximate surface area is 165 Å². The van der Waals surface area contributed by atoms with Gasteiger partial charge in [0.1, 0.15) is 5.75 Å². The predicted molar refractivity (Wildman–Crippen MR) is 104 cm³/mol. The van der Waals surface area contributed by atoms with E-state index < -0.39 is 0 Å². The van der Waals surface area contributed by atoms with Gasteiger partial charge in [0.15, 0.2) is 0 Å². The summed E-state index contributed by atoms with van der Waals surface area (Å²) in [5.41, 5.74) is 4.10. The van der Waals surface area contributed by atoms with Gasteiger partial charge in [0.05, 0.1) is 24.1 Å². The number of methoxy groups -OCH3 is 1. The third kappa shape index (κ3) is 3.61. The maximum absolute atomic E-state index is 5.38. The molecule has 0 aliphatic carbocycles. The van der Waals surface area contributed by atoms with Crippen molar-refractivity contribution in [2.24, 2.45) is 0 Å². The topological polar surface area (TPSA) is 91.8 Å². The number of rotatable bonds is 6. The van der Waals surface area contributed by atoms with E-state index in [4.69, 9.17) is 9.26 Å². The lowest BCUT2D eigenvalue weighted by Crippen LogP contribution is -2.00. The number of hydrogen-bond acceptors (Lipinski definition) is 8. The van der Waals surface area contributed by atoms with Crippen LogP contribution < -0.4 is 4.74 Å². The van der Waals surface area contributed by atoms with E-state index in [1.165, 1.54) is 22.9 Å². The van der Waals surface area contributed by atoms with Crippen LogP contribution in [0.15, 0.2) is 52.1 Å². The highest BCUT2D eigenvalue weighted by Gasteiger charge is 2.15. The summed E-state index contributed by atoms with van der Waals surface area (Å²) in [5, 5.41) is 16.7. The fourth-order valence-electron chi connectivity index (χ4n) is 2.67. The van der Waals surface area contributed by atoms with Crippen molar-refractivity contribution in [3.8, 4) is 22.8 Å². The Morgan fingerprint density at radius 1 is 1.11 bits per heavy atom. The average molecular weight is 394 g/mol. The molecule has 0 fully saturated rings. The van der Waals surface area contributed by atoms with Gasteiger partial charge in [0.25, 0.3) is 0 Å². The first-order valence-electron chi connectivity index (χ1n) is 8.60. The molecule has 2 aromatic carbocycles. The van der Waals surface area contributed by atoms with Crippen molar-refractivity contribution in [3.63, 3.8) is 0 Å². The molecule has 0 atom stereocenters. The Morgan fingerprint density at radius 3 is 2.79 bits per heavy atom. The molecule has 9 heteroatoms. The van der Waals surface area contributed by atoms with Gasteiger partial charge in [-0.3, -0.25) is 0 Å². The van der Waals surface area contributed by atoms with E-state index in [0.717, 1.165) is 11.3 Å². The van der Waals surface area contributed by atoms with E-state index in [9.17, 15) is 0 Å². The quantitative estimate of drug-likeness (QED) is 0.458. The Balaban J connectivity index is 1.51. The molecule has 0 bridgehead atoms. The summed E-state index contributed by atoms with van der Waals surface area (Å²) in [7, 11) is 1.61. The van der Waals surface area contributed by atoms with Crippen molar-refractivity contribution >= 4 is 11.8 Å². The van der Waals surface area contributed by atoms with Crippen LogP contribution in [0, 0.1) is 13.8 Å². The molecule has 0 saturated carbocycles. The maximum Gasteiger partial charge on any atom is 0.237 e. The minimum Gasteiger partial charge on any atom is -0.496 e. The Bertz CT molecular complexity index is 1110. The lowest BCUT2D eigenvalue weighted by atomic mass is 10.1. The smallest absolute Gasteiger partial charge is 0.237 e. The van der Waals surface area contributed by atoms with Crippen molar-refractivity contribution in [1.29, 1.82) is 0 Å². The van der Waals surface area contributed by atoms with Crippen molar-refractivity contribution in [3.05, 3.63) is 59.5 Å². The largest absolute Gasteiger partial charge is 0.496 e. The van der Waals surface area contributed by atoms with Crippen LogP contribution in [0.1, 0.15) is 17.0 Å². The summed E-state index contributed by atoms with van der Waals surface area (Å²) in [6.45, 7) is 4.14. The summed E-state index contributed by atoms with van der Waals surface area (Å²) in [6.07, 6.45) is 0. The molecule has 4 rings (SSSR count). The van der Waals surface area contributed by atoms with E-state index >= 15 is 0 Å². The highest BCUT2D eigenvalue weighted by atomic mass is 32.2. The predicted octanol–water partition coefficient (Wildman–Crippen LogP) is 3.63. The number of thioether (sulfide) groups is 1. The molecule has 0 unspecified atom stereocenters. The van der Waals surface area contributed by atoms with Gasteiger partial charge in [-0.05, 0) is 59.7 Å². The lowest BCUT2D eigenvalue weighted by molar-refractivity contribution is 0.390. The summed E-state index contributed by atoms with van der Waals surface area (Å²) >= 11 is 1.43. The third-order valence-corrected chi connectivity index (χ3v) is 5.22. The van der Waals surface area contributed by atoms with Gasteiger partial charge >= 0.3 is 0 Å². The molecule has 0 aliphatic rings. The number of hydrogen-bond donors (Lipinski definition) is 0. The van der Waals surface area contributed by atoms with Crippen LogP contribution >= 0.6 is 11.8 Å². The van der Waals surface area contributed by atoms with Crippen LogP contribution in [0.5, 0.6) is 5.75 Å².